The van der Waals surface area contributed by atoms with Gasteiger partial charge in [-0.1, -0.05) is 37.6 Å². The highest BCUT2D eigenvalue weighted by atomic mass is 16.7. The van der Waals surface area contributed by atoms with Crippen LogP contribution in [0.3, 0.4) is 0 Å². The third-order valence-corrected chi connectivity index (χ3v) is 5.51. The van der Waals surface area contributed by atoms with Crippen molar-refractivity contribution in [1.29, 1.82) is 0 Å². The Bertz CT molecular complexity index is 837. The van der Waals surface area contributed by atoms with Crippen LogP contribution in [0.5, 0.6) is 0 Å². The molecule has 3 aliphatic rings. The van der Waals surface area contributed by atoms with Gasteiger partial charge in [-0.2, -0.15) is 0 Å². The van der Waals surface area contributed by atoms with E-state index < -0.39 is 48.6 Å². The predicted octanol–water partition coefficient (Wildman–Crippen LogP) is -0.555. The lowest BCUT2D eigenvalue weighted by Gasteiger charge is -2.36. The molecule has 0 aliphatic carbocycles. The van der Waals surface area contributed by atoms with Crippen molar-refractivity contribution in [3.8, 4) is 0 Å². The minimum absolute atomic E-state index is 0.355. The second-order valence-electron chi connectivity index (χ2n) is 7.96. The van der Waals surface area contributed by atoms with Crippen LogP contribution in [0.1, 0.15) is 29.3 Å². The van der Waals surface area contributed by atoms with Crippen LogP contribution >= 0.6 is 0 Å². The molecular formula is C22H31N3O8. The van der Waals surface area contributed by atoms with Crippen LogP contribution in [0.4, 0.5) is 4.79 Å². The Morgan fingerprint density at radius 2 is 1.88 bits per heavy atom. The number of aryl methyl sites for hydroxylation is 1. The topological polar surface area (TPSA) is 164 Å². The maximum absolute atomic E-state index is 12.8. The van der Waals surface area contributed by atoms with E-state index in [0.29, 0.717) is 12.4 Å². The van der Waals surface area contributed by atoms with E-state index in [1.54, 1.807) is 12.1 Å². The Balaban J connectivity index is 0.000000541. The van der Waals surface area contributed by atoms with Crippen LogP contribution < -0.4 is 11.1 Å². The van der Waals surface area contributed by atoms with E-state index in [9.17, 15) is 24.9 Å². The molecule has 11 heteroatoms. The zero-order chi connectivity index (χ0) is 24.0. The number of urea groups is 1. The number of Topliss-reactive ketones (excluding diaryl/α,β-unsaturated/α-hetero) is 1. The molecule has 6 N–H and O–H groups in total. The number of benzene rings is 1. The molecule has 1 aromatic rings. The number of carbonyl (C=O) groups is 2. The summed E-state index contributed by atoms with van der Waals surface area (Å²) in [6, 6.07) is 6.26. The molecule has 2 amide bonds. The van der Waals surface area contributed by atoms with Crippen LogP contribution in [0.2, 0.25) is 0 Å². The van der Waals surface area contributed by atoms with Gasteiger partial charge in [0.05, 0.1) is 19.8 Å². The van der Waals surface area contributed by atoms with Crippen molar-refractivity contribution in [3.63, 3.8) is 0 Å². The van der Waals surface area contributed by atoms with E-state index in [1.165, 1.54) is 12.3 Å². The second kappa shape index (κ2) is 11.2. The molecule has 0 saturated carbocycles. The first-order valence-corrected chi connectivity index (χ1v) is 10.8. The van der Waals surface area contributed by atoms with Crippen LogP contribution in [0.25, 0.3) is 0 Å². The molecule has 182 valence electrons. The van der Waals surface area contributed by atoms with Gasteiger partial charge in [-0.25, -0.2) is 4.79 Å². The molecule has 0 bridgehead atoms. The summed E-state index contributed by atoms with van der Waals surface area (Å²) in [7, 11) is 0. The van der Waals surface area contributed by atoms with Crippen molar-refractivity contribution in [3.05, 3.63) is 47.7 Å². The fourth-order valence-corrected chi connectivity index (χ4v) is 3.64. The number of hydrogen-bond donors (Lipinski definition) is 5. The summed E-state index contributed by atoms with van der Waals surface area (Å²) in [6.07, 6.45) is -0.565. The van der Waals surface area contributed by atoms with Gasteiger partial charge in [-0.05, 0) is 18.1 Å². The zero-order valence-electron chi connectivity index (χ0n) is 18.4. The first-order chi connectivity index (χ1) is 15.8. The molecule has 0 aromatic heterocycles. The third kappa shape index (κ3) is 5.76. The normalized spacial score (nSPS) is 31.2. The molecule has 11 nitrogen and oxygen atoms in total. The van der Waals surface area contributed by atoms with Gasteiger partial charge in [0, 0.05) is 11.8 Å². The average molecular weight is 466 g/mol. The maximum atomic E-state index is 12.8. The van der Waals surface area contributed by atoms with Gasteiger partial charge >= 0.3 is 6.03 Å². The van der Waals surface area contributed by atoms with Crippen molar-refractivity contribution in [1.82, 2.24) is 10.2 Å². The standard InChI is InChI=1S/C19H25N3O6.C3H6O2/c1-2-3-11-4-6-12(7-5-11)16(26)19(20)8-9-22(18(27)21-19)17-15(25)14(24)13(10-23)28-17;1-2-5-3-4-1/h4-9,13-15,17,23-25H,2-3,10,20H2,1H3,(H,21,27);1-3H2/t13-,14-,15-,17-,19?;/m1./s1. The van der Waals surface area contributed by atoms with E-state index in [4.69, 9.17) is 19.9 Å². The molecule has 0 spiro atoms. The van der Waals surface area contributed by atoms with E-state index in [-0.39, 0.29) is 0 Å². The summed E-state index contributed by atoms with van der Waals surface area (Å²) in [6.45, 7) is 3.61. The van der Waals surface area contributed by atoms with Gasteiger partial charge < -0.3 is 34.8 Å². The number of aliphatic hydroxyl groups is 3. The van der Waals surface area contributed by atoms with Crippen molar-refractivity contribution in [2.75, 3.05) is 26.6 Å². The SMILES string of the molecule is C1COCO1.CCCc1ccc(C(=O)C2(N)C=CN([C@@H]3O[C@H](CO)[C@@H](O)[C@H]3O)C(=O)N2)cc1. The van der Waals surface area contributed by atoms with E-state index in [2.05, 4.69) is 12.2 Å². The molecule has 4 rings (SSSR count). The minimum atomic E-state index is -1.75. The summed E-state index contributed by atoms with van der Waals surface area (Å²) in [5, 5.41) is 31.5. The van der Waals surface area contributed by atoms with Crippen LogP contribution in [-0.4, -0.2) is 88.9 Å². The number of ether oxygens (including phenoxy) is 3. The highest BCUT2D eigenvalue weighted by Gasteiger charge is 2.48. The van der Waals surface area contributed by atoms with Crippen molar-refractivity contribution in [2.45, 2.75) is 50.0 Å². The summed E-state index contributed by atoms with van der Waals surface area (Å²) in [5.41, 5.74) is 5.81. The first kappa shape index (κ1) is 25.2. The second-order valence-corrected chi connectivity index (χ2v) is 7.96. The molecule has 3 aliphatic heterocycles. The molecule has 2 fully saturated rings. The lowest BCUT2D eigenvalue weighted by Crippen LogP contribution is -2.66. The largest absolute Gasteiger partial charge is 0.394 e. The zero-order valence-corrected chi connectivity index (χ0v) is 18.4. The molecule has 33 heavy (non-hydrogen) atoms. The summed E-state index contributed by atoms with van der Waals surface area (Å²) in [5.74, 6) is -0.485. The van der Waals surface area contributed by atoms with Gasteiger partial charge in [-0.15, -0.1) is 0 Å². The quantitative estimate of drug-likeness (QED) is 0.347. The van der Waals surface area contributed by atoms with Gasteiger partial charge in [0.25, 0.3) is 0 Å². The number of amides is 2. The molecule has 0 radical (unpaired) electrons. The summed E-state index contributed by atoms with van der Waals surface area (Å²) < 4.78 is 14.8. The van der Waals surface area contributed by atoms with Gasteiger partial charge in [0.15, 0.2) is 11.9 Å². The van der Waals surface area contributed by atoms with Crippen LogP contribution in [0.15, 0.2) is 36.5 Å². The van der Waals surface area contributed by atoms with Crippen molar-refractivity contribution < 1.29 is 39.1 Å². The molecule has 5 atom stereocenters. The highest BCUT2D eigenvalue weighted by Crippen LogP contribution is 2.27. The van der Waals surface area contributed by atoms with Gasteiger partial charge in [0.2, 0.25) is 5.78 Å². The molecular weight excluding hydrogens is 434 g/mol. The number of hydrogen-bond acceptors (Lipinski definition) is 9. The summed E-state index contributed by atoms with van der Waals surface area (Å²) in [4.78, 5) is 26.3. The molecule has 1 unspecified atom stereocenters. The Hall–Kier alpha value is -2.38. The number of nitrogens with one attached hydrogen (secondary N) is 1. The third-order valence-electron chi connectivity index (χ3n) is 5.51. The predicted molar refractivity (Wildman–Crippen MR) is 116 cm³/mol. The van der Waals surface area contributed by atoms with Gasteiger partial charge in [-0.3, -0.25) is 15.4 Å². The Labute approximate surface area is 191 Å². The first-order valence-electron chi connectivity index (χ1n) is 10.8. The fraction of sp³-hybridized carbons (Fsp3) is 0.545. The monoisotopic (exact) mass is 465 g/mol. The van der Waals surface area contributed by atoms with E-state index >= 15 is 0 Å². The Kier molecular flexibility index (Phi) is 8.54. The fourth-order valence-electron chi connectivity index (χ4n) is 3.64. The smallest absolute Gasteiger partial charge is 0.325 e. The number of ketones is 1. The van der Waals surface area contributed by atoms with Crippen LogP contribution in [0, 0.1) is 0 Å². The maximum Gasteiger partial charge on any atom is 0.325 e. The highest BCUT2D eigenvalue weighted by molar-refractivity contribution is 6.06. The number of nitrogens with two attached hydrogens (primary N) is 1. The Morgan fingerprint density at radius 3 is 2.36 bits per heavy atom. The number of nitrogens with zero attached hydrogens (tertiary/aromatic N) is 1. The van der Waals surface area contributed by atoms with Crippen molar-refractivity contribution >= 4 is 11.8 Å². The van der Waals surface area contributed by atoms with Gasteiger partial charge in [0.1, 0.15) is 25.1 Å². The number of carbonyl (C=O) groups excluding carboxylic acids is 2. The lowest BCUT2D eigenvalue weighted by molar-refractivity contribution is -0.0666. The number of aliphatic hydroxyl groups excluding tert-OH is 3. The Morgan fingerprint density at radius 1 is 1.21 bits per heavy atom. The lowest BCUT2D eigenvalue weighted by atomic mass is 9.96. The van der Waals surface area contributed by atoms with Crippen LogP contribution in [-0.2, 0) is 20.6 Å². The summed E-state index contributed by atoms with van der Waals surface area (Å²) >= 11 is 0. The number of rotatable bonds is 6. The molecule has 2 saturated heterocycles. The van der Waals surface area contributed by atoms with Crippen molar-refractivity contribution in [2.24, 2.45) is 5.73 Å². The van der Waals surface area contributed by atoms with E-state index in [1.807, 2.05) is 12.1 Å². The average Bonchev–Trinajstić information content (AvgIpc) is 3.48. The van der Waals surface area contributed by atoms with E-state index in [0.717, 1.165) is 36.5 Å². The molecule has 1 aromatic carbocycles. The molecule has 3 heterocycles. The minimum Gasteiger partial charge on any atom is -0.394 e.